The van der Waals surface area contributed by atoms with Gasteiger partial charge < -0.3 is 9.64 Å². The van der Waals surface area contributed by atoms with Crippen LogP contribution in [0.2, 0.25) is 0 Å². The monoisotopic (exact) mass is 383 g/mol. The third-order valence-electron chi connectivity index (χ3n) is 4.74. The highest BCUT2D eigenvalue weighted by Gasteiger charge is 2.28. The molecule has 2 aromatic rings. The van der Waals surface area contributed by atoms with E-state index in [9.17, 15) is 9.59 Å². The van der Waals surface area contributed by atoms with Crippen LogP contribution in [0.25, 0.3) is 6.08 Å². The lowest BCUT2D eigenvalue weighted by Crippen LogP contribution is -2.39. The zero-order valence-corrected chi connectivity index (χ0v) is 16.0. The standard InChI is InChI=1S/C20H25N5O3/c1-2-12-25-18(21-22-23-25)15-28-20(27)17-10-13-24(14-11-17)19(26)9-8-16-6-4-3-5-7-16/h3-9,17H,2,10-15H2,1H3/b9-8+. The Balaban J connectivity index is 1.44. The molecule has 1 aliphatic rings. The average molecular weight is 383 g/mol. The van der Waals surface area contributed by atoms with Gasteiger partial charge in [0, 0.05) is 25.7 Å². The first-order valence-corrected chi connectivity index (χ1v) is 9.61. The Morgan fingerprint density at radius 1 is 1.21 bits per heavy atom. The van der Waals surface area contributed by atoms with Crippen LogP contribution < -0.4 is 0 Å². The predicted molar refractivity (Wildman–Crippen MR) is 103 cm³/mol. The Morgan fingerprint density at radius 3 is 2.68 bits per heavy atom. The summed E-state index contributed by atoms with van der Waals surface area (Å²) >= 11 is 0. The fourth-order valence-electron chi connectivity index (χ4n) is 3.14. The minimum atomic E-state index is -0.252. The van der Waals surface area contributed by atoms with Crippen molar-refractivity contribution in [2.45, 2.75) is 39.3 Å². The molecule has 0 radical (unpaired) electrons. The summed E-state index contributed by atoms with van der Waals surface area (Å²) in [6.45, 7) is 3.89. The van der Waals surface area contributed by atoms with E-state index in [0.29, 0.717) is 38.3 Å². The molecule has 0 aliphatic carbocycles. The Labute approximate surface area is 164 Å². The fraction of sp³-hybridized carbons (Fsp3) is 0.450. The zero-order valence-electron chi connectivity index (χ0n) is 16.0. The molecule has 8 heteroatoms. The Bertz CT molecular complexity index is 810. The Kier molecular flexibility index (Phi) is 6.89. The van der Waals surface area contributed by atoms with E-state index in [0.717, 1.165) is 12.0 Å². The maximum atomic E-state index is 12.3. The predicted octanol–water partition coefficient (Wildman–Crippen LogP) is 2.08. The summed E-state index contributed by atoms with van der Waals surface area (Å²) in [5.74, 6) is 0.0684. The van der Waals surface area contributed by atoms with E-state index in [4.69, 9.17) is 4.74 Å². The number of hydrogen-bond acceptors (Lipinski definition) is 6. The van der Waals surface area contributed by atoms with Crippen molar-refractivity contribution < 1.29 is 14.3 Å². The van der Waals surface area contributed by atoms with Gasteiger partial charge in [0.1, 0.15) is 0 Å². The maximum absolute atomic E-state index is 12.3. The van der Waals surface area contributed by atoms with E-state index < -0.39 is 0 Å². The van der Waals surface area contributed by atoms with Crippen molar-refractivity contribution in [1.29, 1.82) is 0 Å². The van der Waals surface area contributed by atoms with Crippen LogP contribution in [0.1, 0.15) is 37.6 Å². The summed E-state index contributed by atoms with van der Waals surface area (Å²) in [4.78, 5) is 26.4. The number of tetrazole rings is 1. The second kappa shape index (κ2) is 9.77. The summed E-state index contributed by atoms with van der Waals surface area (Å²) < 4.78 is 7.04. The molecular weight excluding hydrogens is 358 g/mol. The molecule has 1 aromatic heterocycles. The summed E-state index contributed by atoms with van der Waals surface area (Å²) in [6, 6.07) is 9.70. The van der Waals surface area contributed by atoms with Crippen LogP contribution in [-0.4, -0.2) is 50.1 Å². The third kappa shape index (κ3) is 5.25. The van der Waals surface area contributed by atoms with Crippen molar-refractivity contribution in [2.24, 2.45) is 5.92 Å². The molecule has 1 aromatic carbocycles. The third-order valence-corrected chi connectivity index (χ3v) is 4.74. The number of esters is 1. The van der Waals surface area contributed by atoms with E-state index in [-0.39, 0.29) is 24.4 Å². The highest BCUT2D eigenvalue weighted by Crippen LogP contribution is 2.19. The number of rotatable bonds is 7. The van der Waals surface area contributed by atoms with Gasteiger partial charge in [-0.3, -0.25) is 9.59 Å². The number of piperidine rings is 1. The molecule has 0 saturated carbocycles. The topological polar surface area (TPSA) is 90.2 Å². The molecule has 0 spiro atoms. The van der Waals surface area contributed by atoms with Crippen LogP contribution >= 0.6 is 0 Å². The van der Waals surface area contributed by atoms with Gasteiger partial charge in [0.2, 0.25) is 5.91 Å². The number of aromatic nitrogens is 4. The molecule has 0 N–H and O–H groups in total. The first kappa shape index (κ1) is 19.7. The van der Waals surface area contributed by atoms with Gasteiger partial charge >= 0.3 is 5.97 Å². The lowest BCUT2D eigenvalue weighted by Gasteiger charge is -2.30. The minimum absolute atomic E-state index is 0.0330. The number of amides is 1. The zero-order chi connectivity index (χ0) is 19.8. The van der Waals surface area contributed by atoms with E-state index in [1.54, 1.807) is 15.7 Å². The molecule has 1 saturated heterocycles. The summed E-state index contributed by atoms with van der Waals surface area (Å²) in [7, 11) is 0. The number of benzene rings is 1. The number of likely N-dealkylation sites (tertiary alicyclic amines) is 1. The highest BCUT2D eigenvalue weighted by atomic mass is 16.5. The molecular formula is C20H25N5O3. The van der Waals surface area contributed by atoms with Crippen LogP contribution in [0.3, 0.4) is 0 Å². The number of aryl methyl sites for hydroxylation is 1. The molecule has 1 amide bonds. The van der Waals surface area contributed by atoms with Crippen LogP contribution in [0.15, 0.2) is 36.4 Å². The van der Waals surface area contributed by atoms with Gasteiger partial charge in [0.05, 0.1) is 5.92 Å². The minimum Gasteiger partial charge on any atom is -0.457 e. The normalized spacial score (nSPS) is 15.1. The van der Waals surface area contributed by atoms with Gasteiger partial charge in [0.15, 0.2) is 12.4 Å². The van der Waals surface area contributed by atoms with E-state index in [1.807, 2.05) is 43.3 Å². The first-order valence-electron chi connectivity index (χ1n) is 9.61. The van der Waals surface area contributed by atoms with Crippen molar-refractivity contribution in [3.05, 3.63) is 47.8 Å². The molecule has 8 nitrogen and oxygen atoms in total. The van der Waals surface area contributed by atoms with Gasteiger partial charge in [-0.05, 0) is 41.3 Å². The average Bonchev–Trinajstić information content (AvgIpc) is 3.18. The van der Waals surface area contributed by atoms with Crippen LogP contribution in [0, 0.1) is 5.92 Å². The second-order valence-electron chi connectivity index (χ2n) is 6.77. The highest BCUT2D eigenvalue weighted by molar-refractivity contribution is 5.92. The number of carbonyl (C=O) groups is 2. The largest absolute Gasteiger partial charge is 0.457 e. The molecule has 2 heterocycles. The van der Waals surface area contributed by atoms with Gasteiger partial charge in [-0.25, -0.2) is 4.68 Å². The summed E-state index contributed by atoms with van der Waals surface area (Å²) in [5.41, 5.74) is 0.986. The maximum Gasteiger partial charge on any atom is 0.309 e. The van der Waals surface area contributed by atoms with Crippen molar-refractivity contribution >= 4 is 18.0 Å². The molecule has 1 aliphatic heterocycles. The van der Waals surface area contributed by atoms with Crippen molar-refractivity contribution in [1.82, 2.24) is 25.1 Å². The van der Waals surface area contributed by atoms with Gasteiger partial charge in [-0.15, -0.1) is 5.10 Å². The van der Waals surface area contributed by atoms with Crippen molar-refractivity contribution in [3.63, 3.8) is 0 Å². The Hall–Kier alpha value is -3.03. The molecule has 28 heavy (non-hydrogen) atoms. The molecule has 0 unspecified atom stereocenters. The number of hydrogen-bond donors (Lipinski definition) is 0. The number of nitrogens with zero attached hydrogens (tertiary/aromatic N) is 5. The van der Waals surface area contributed by atoms with E-state index in [1.165, 1.54) is 0 Å². The summed E-state index contributed by atoms with van der Waals surface area (Å²) in [6.07, 6.45) is 5.50. The van der Waals surface area contributed by atoms with Gasteiger partial charge in [-0.1, -0.05) is 37.3 Å². The first-order chi connectivity index (χ1) is 13.7. The SMILES string of the molecule is CCCn1nnnc1COC(=O)C1CCN(C(=O)/C=C/c2ccccc2)CC1. The fourth-order valence-corrected chi connectivity index (χ4v) is 3.14. The van der Waals surface area contributed by atoms with E-state index >= 15 is 0 Å². The van der Waals surface area contributed by atoms with Crippen LogP contribution in [0.4, 0.5) is 0 Å². The van der Waals surface area contributed by atoms with Crippen molar-refractivity contribution in [3.8, 4) is 0 Å². The molecule has 1 fully saturated rings. The van der Waals surface area contributed by atoms with E-state index in [2.05, 4.69) is 15.5 Å². The number of carbonyl (C=O) groups excluding carboxylic acids is 2. The van der Waals surface area contributed by atoms with Crippen LogP contribution in [0.5, 0.6) is 0 Å². The molecule has 148 valence electrons. The van der Waals surface area contributed by atoms with Gasteiger partial charge in [-0.2, -0.15) is 0 Å². The number of ether oxygens (including phenoxy) is 1. The van der Waals surface area contributed by atoms with Crippen molar-refractivity contribution in [2.75, 3.05) is 13.1 Å². The lowest BCUT2D eigenvalue weighted by atomic mass is 9.97. The van der Waals surface area contributed by atoms with Crippen LogP contribution in [-0.2, 0) is 27.5 Å². The second-order valence-corrected chi connectivity index (χ2v) is 6.77. The molecule has 3 rings (SSSR count). The molecule has 0 atom stereocenters. The summed E-state index contributed by atoms with van der Waals surface area (Å²) in [5, 5.41) is 11.4. The van der Waals surface area contributed by atoms with Gasteiger partial charge in [0.25, 0.3) is 0 Å². The lowest BCUT2D eigenvalue weighted by molar-refractivity contribution is -0.152. The smallest absolute Gasteiger partial charge is 0.309 e. The quantitative estimate of drug-likeness (QED) is 0.537. The molecule has 0 bridgehead atoms. The Morgan fingerprint density at radius 2 is 1.96 bits per heavy atom.